The van der Waals surface area contributed by atoms with Crippen LogP contribution in [0.2, 0.25) is 0 Å². The van der Waals surface area contributed by atoms with Crippen LogP contribution in [0.3, 0.4) is 0 Å². The van der Waals surface area contributed by atoms with E-state index in [1.165, 1.54) is 38.5 Å². The van der Waals surface area contributed by atoms with Gasteiger partial charge in [0.15, 0.2) is 0 Å². The highest BCUT2D eigenvalue weighted by Crippen LogP contribution is 2.41. The summed E-state index contributed by atoms with van der Waals surface area (Å²) in [4.78, 5) is 0. The topological polar surface area (TPSA) is 12.0 Å². The van der Waals surface area contributed by atoms with E-state index in [1.54, 1.807) is 0 Å². The van der Waals surface area contributed by atoms with Crippen molar-refractivity contribution in [2.75, 3.05) is 6.54 Å². The summed E-state index contributed by atoms with van der Waals surface area (Å²) in [6.07, 6.45) is 10.1. The van der Waals surface area contributed by atoms with E-state index >= 15 is 0 Å². The fourth-order valence-electron chi connectivity index (χ4n) is 2.68. The molecule has 2 unspecified atom stereocenters. The lowest BCUT2D eigenvalue weighted by atomic mass is 9.83. The summed E-state index contributed by atoms with van der Waals surface area (Å²) in [5.74, 6) is 0. The molecule has 0 radical (unpaired) electrons. The monoisotopic (exact) mass is 195 g/mol. The summed E-state index contributed by atoms with van der Waals surface area (Å²) >= 11 is 0. The van der Waals surface area contributed by atoms with E-state index in [2.05, 4.69) is 25.7 Å². The average molecular weight is 195 g/mol. The standard InChI is InChI=1S/C13H25N/c1-4-6-7-9-13(3)10-8-12(11-13)14-5-2/h4,12,14H,1,5-11H2,2-3H3. The second-order valence-corrected chi connectivity index (χ2v) is 4.99. The Morgan fingerprint density at radius 1 is 1.57 bits per heavy atom. The Morgan fingerprint density at radius 3 is 3.00 bits per heavy atom. The van der Waals surface area contributed by atoms with Gasteiger partial charge in [-0.1, -0.05) is 19.9 Å². The molecule has 0 aliphatic heterocycles. The number of hydrogen-bond donors (Lipinski definition) is 1. The van der Waals surface area contributed by atoms with Gasteiger partial charge in [0, 0.05) is 6.04 Å². The van der Waals surface area contributed by atoms with Gasteiger partial charge in [0.05, 0.1) is 0 Å². The van der Waals surface area contributed by atoms with Crippen LogP contribution in [0.15, 0.2) is 12.7 Å². The van der Waals surface area contributed by atoms with E-state index in [9.17, 15) is 0 Å². The Hall–Kier alpha value is -0.300. The Morgan fingerprint density at radius 2 is 2.36 bits per heavy atom. The maximum absolute atomic E-state index is 3.78. The van der Waals surface area contributed by atoms with Crippen LogP contribution < -0.4 is 5.32 Å². The van der Waals surface area contributed by atoms with Gasteiger partial charge in [0.2, 0.25) is 0 Å². The minimum atomic E-state index is 0.607. The number of unbranched alkanes of at least 4 members (excludes halogenated alkanes) is 1. The smallest absolute Gasteiger partial charge is 0.00723 e. The summed E-state index contributed by atoms with van der Waals surface area (Å²) in [7, 11) is 0. The van der Waals surface area contributed by atoms with Crippen molar-refractivity contribution >= 4 is 0 Å². The van der Waals surface area contributed by atoms with Crippen molar-refractivity contribution < 1.29 is 0 Å². The number of allylic oxidation sites excluding steroid dienone is 1. The molecule has 0 aromatic heterocycles. The molecule has 1 saturated carbocycles. The molecule has 1 nitrogen and oxygen atoms in total. The van der Waals surface area contributed by atoms with E-state index in [-0.39, 0.29) is 0 Å². The first-order chi connectivity index (χ1) is 6.70. The number of hydrogen-bond acceptors (Lipinski definition) is 1. The first-order valence-electron chi connectivity index (χ1n) is 6.04. The summed E-state index contributed by atoms with van der Waals surface area (Å²) < 4.78 is 0. The van der Waals surface area contributed by atoms with Gasteiger partial charge in [0.25, 0.3) is 0 Å². The molecule has 0 aromatic carbocycles. The van der Waals surface area contributed by atoms with Crippen molar-refractivity contribution in [3.63, 3.8) is 0 Å². The zero-order valence-electron chi connectivity index (χ0n) is 9.81. The molecule has 0 amide bonds. The van der Waals surface area contributed by atoms with Crippen LogP contribution in [-0.2, 0) is 0 Å². The first kappa shape index (κ1) is 11.8. The third-order valence-corrected chi connectivity index (χ3v) is 3.52. The lowest BCUT2D eigenvalue weighted by Crippen LogP contribution is -2.27. The zero-order valence-corrected chi connectivity index (χ0v) is 9.81. The van der Waals surface area contributed by atoms with Crippen molar-refractivity contribution in [1.29, 1.82) is 0 Å². The van der Waals surface area contributed by atoms with Crippen LogP contribution in [0.5, 0.6) is 0 Å². The van der Waals surface area contributed by atoms with Gasteiger partial charge >= 0.3 is 0 Å². The molecular weight excluding hydrogens is 170 g/mol. The lowest BCUT2D eigenvalue weighted by molar-refractivity contribution is 0.291. The van der Waals surface area contributed by atoms with E-state index in [0.29, 0.717) is 5.41 Å². The predicted octanol–water partition coefficient (Wildman–Crippen LogP) is 3.51. The molecule has 82 valence electrons. The van der Waals surface area contributed by atoms with Gasteiger partial charge in [-0.25, -0.2) is 0 Å². The molecule has 1 aliphatic carbocycles. The fourth-order valence-corrected chi connectivity index (χ4v) is 2.68. The van der Waals surface area contributed by atoms with Crippen molar-refractivity contribution in [2.24, 2.45) is 5.41 Å². The van der Waals surface area contributed by atoms with Gasteiger partial charge in [-0.3, -0.25) is 0 Å². The quantitative estimate of drug-likeness (QED) is 0.505. The number of nitrogens with one attached hydrogen (secondary N) is 1. The zero-order chi connectivity index (χ0) is 10.4. The third-order valence-electron chi connectivity index (χ3n) is 3.52. The predicted molar refractivity (Wildman–Crippen MR) is 63.5 cm³/mol. The van der Waals surface area contributed by atoms with Crippen molar-refractivity contribution in [1.82, 2.24) is 5.32 Å². The maximum Gasteiger partial charge on any atom is 0.00723 e. The molecule has 0 spiro atoms. The SMILES string of the molecule is C=CCCCC1(C)CCC(NCC)C1. The average Bonchev–Trinajstić information content (AvgIpc) is 2.49. The van der Waals surface area contributed by atoms with Crippen LogP contribution in [0.4, 0.5) is 0 Å². The summed E-state index contributed by atoms with van der Waals surface area (Å²) in [5, 5.41) is 3.57. The molecule has 0 aromatic rings. The Balaban J connectivity index is 2.26. The molecule has 1 heteroatoms. The molecule has 14 heavy (non-hydrogen) atoms. The lowest BCUT2D eigenvalue weighted by Gasteiger charge is -2.24. The Labute approximate surface area is 89.0 Å². The highest BCUT2D eigenvalue weighted by Gasteiger charge is 2.33. The second-order valence-electron chi connectivity index (χ2n) is 4.99. The summed E-state index contributed by atoms with van der Waals surface area (Å²) in [6.45, 7) is 9.55. The van der Waals surface area contributed by atoms with Crippen molar-refractivity contribution in [3.8, 4) is 0 Å². The van der Waals surface area contributed by atoms with Crippen LogP contribution in [0.1, 0.15) is 52.4 Å². The third kappa shape index (κ3) is 3.45. The first-order valence-corrected chi connectivity index (χ1v) is 6.04. The fraction of sp³-hybridized carbons (Fsp3) is 0.846. The van der Waals surface area contributed by atoms with Gasteiger partial charge in [-0.15, -0.1) is 6.58 Å². The van der Waals surface area contributed by atoms with Crippen LogP contribution in [0.25, 0.3) is 0 Å². The van der Waals surface area contributed by atoms with Crippen LogP contribution in [0, 0.1) is 5.41 Å². The highest BCUT2D eigenvalue weighted by atomic mass is 14.9. The minimum absolute atomic E-state index is 0.607. The molecule has 1 aliphatic rings. The van der Waals surface area contributed by atoms with Gasteiger partial charge in [-0.05, 0) is 50.5 Å². The Bertz CT molecular complexity index is 176. The molecule has 1 fully saturated rings. The van der Waals surface area contributed by atoms with Gasteiger partial charge in [-0.2, -0.15) is 0 Å². The van der Waals surface area contributed by atoms with Crippen LogP contribution in [-0.4, -0.2) is 12.6 Å². The molecule has 1 rings (SSSR count). The summed E-state index contributed by atoms with van der Waals surface area (Å²) in [5.41, 5.74) is 0.607. The molecule has 0 bridgehead atoms. The Kier molecular flexibility index (Phi) is 4.67. The summed E-state index contributed by atoms with van der Waals surface area (Å²) in [6, 6.07) is 0.786. The molecule has 1 N–H and O–H groups in total. The van der Waals surface area contributed by atoms with Gasteiger partial charge in [0.1, 0.15) is 0 Å². The molecule has 2 atom stereocenters. The van der Waals surface area contributed by atoms with E-state index in [4.69, 9.17) is 0 Å². The van der Waals surface area contributed by atoms with E-state index in [0.717, 1.165) is 12.6 Å². The minimum Gasteiger partial charge on any atom is -0.314 e. The molecule has 0 saturated heterocycles. The second kappa shape index (κ2) is 5.55. The molecule has 0 heterocycles. The van der Waals surface area contributed by atoms with E-state index in [1.807, 2.05) is 6.08 Å². The number of rotatable bonds is 6. The van der Waals surface area contributed by atoms with Crippen LogP contribution >= 0.6 is 0 Å². The molecular formula is C13H25N. The highest BCUT2D eigenvalue weighted by molar-refractivity contribution is 4.89. The maximum atomic E-state index is 3.78. The van der Waals surface area contributed by atoms with Crippen molar-refractivity contribution in [2.45, 2.75) is 58.4 Å². The van der Waals surface area contributed by atoms with Crippen molar-refractivity contribution in [3.05, 3.63) is 12.7 Å². The van der Waals surface area contributed by atoms with E-state index < -0.39 is 0 Å². The normalized spacial score (nSPS) is 32.0. The van der Waals surface area contributed by atoms with Gasteiger partial charge < -0.3 is 5.32 Å². The largest absolute Gasteiger partial charge is 0.314 e.